The van der Waals surface area contributed by atoms with E-state index in [0.29, 0.717) is 18.4 Å². The lowest BCUT2D eigenvalue weighted by molar-refractivity contribution is 0.174. The van der Waals surface area contributed by atoms with Gasteiger partial charge in [0.2, 0.25) is 6.79 Å². The number of nitrogens with zero attached hydrogens (tertiary/aromatic N) is 2. The molecule has 7 heteroatoms. The van der Waals surface area contributed by atoms with Gasteiger partial charge >= 0.3 is 0 Å². The predicted molar refractivity (Wildman–Crippen MR) is 114 cm³/mol. The third-order valence-corrected chi connectivity index (χ3v) is 5.82. The first-order valence-corrected chi connectivity index (χ1v) is 9.71. The van der Waals surface area contributed by atoms with Crippen molar-refractivity contribution in [1.29, 1.82) is 0 Å². The van der Waals surface area contributed by atoms with Crippen LogP contribution in [-0.2, 0) is 6.54 Å². The van der Waals surface area contributed by atoms with Crippen LogP contribution in [0.4, 0.5) is 0 Å². The summed E-state index contributed by atoms with van der Waals surface area (Å²) in [5.74, 6) is 2.53. The second-order valence-corrected chi connectivity index (χ2v) is 7.55. The largest absolute Gasteiger partial charge is 0.454 e. The van der Waals surface area contributed by atoms with E-state index in [2.05, 4.69) is 45.4 Å². The Hall–Kier alpha value is -2.54. The highest BCUT2D eigenvalue weighted by molar-refractivity contribution is 5.85. The van der Waals surface area contributed by atoms with Crippen LogP contribution in [0.2, 0.25) is 0 Å². The molecule has 5 rings (SSSR count). The van der Waals surface area contributed by atoms with Crippen LogP contribution in [0.1, 0.15) is 17.0 Å². The van der Waals surface area contributed by atoms with Crippen molar-refractivity contribution in [2.24, 2.45) is 11.7 Å². The second kappa shape index (κ2) is 8.45. The van der Waals surface area contributed by atoms with Gasteiger partial charge in [0.05, 0.1) is 11.9 Å². The fourth-order valence-electron chi connectivity index (χ4n) is 4.38. The summed E-state index contributed by atoms with van der Waals surface area (Å²) in [7, 11) is 0. The number of likely N-dealkylation sites (tertiary alicyclic amines) is 1. The molecule has 1 fully saturated rings. The van der Waals surface area contributed by atoms with E-state index in [4.69, 9.17) is 15.2 Å². The minimum atomic E-state index is 0. The Bertz CT molecular complexity index is 962. The summed E-state index contributed by atoms with van der Waals surface area (Å²) in [6, 6.07) is 16.7. The highest BCUT2D eigenvalue weighted by atomic mass is 35.5. The van der Waals surface area contributed by atoms with E-state index in [-0.39, 0.29) is 19.2 Å². The molecule has 0 amide bonds. The van der Waals surface area contributed by atoms with Crippen molar-refractivity contribution in [2.75, 3.05) is 26.4 Å². The van der Waals surface area contributed by atoms with Crippen LogP contribution in [-0.4, -0.2) is 41.5 Å². The van der Waals surface area contributed by atoms with Gasteiger partial charge in [0.1, 0.15) is 0 Å². The zero-order chi connectivity index (χ0) is 18.9. The molecule has 0 unspecified atom stereocenters. The molecule has 29 heavy (non-hydrogen) atoms. The van der Waals surface area contributed by atoms with Gasteiger partial charge in [-0.2, -0.15) is 5.10 Å². The number of aromatic amines is 1. The lowest BCUT2D eigenvalue weighted by Crippen LogP contribution is -2.23. The molecule has 1 aromatic heterocycles. The van der Waals surface area contributed by atoms with Gasteiger partial charge < -0.3 is 15.2 Å². The number of nitrogens with one attached hydrogen (secondary N) is 1. The van der Waals surface area contributed by atoms with Crippen molar-refractivity contribution in [3.63, 3.8) is 0 Å². The molecule has 2 aromatic carbocycles. The van der Waals surface area contributed by atoms with Crippen molar-refractivity contribution in [1.82, 2.24) is 15.1 Å². The van der Waals surface area contributed by atoms with Crippen molar-refractivity contribution in [3.8, 4) is 22.8 Å². The average molecular weight is 413 g/mol. The predicted octanol–water partition coefficient (Wildman–Crippen LogP) is 3.40. The molecule has 0 spiro atoms. The zero-order valence-electron chi connectivity index (χ0n) is 16.1. The highest BCUT2D eigenvalue weighted by Gasteiger charge is 2.33. The van der Waals surface area contributed by atoms with E-state index < -0.39 is 0 Å². The first-order chi connectivity index (χ1) is 13.8. The molecular formula is C22H25ClN4O2. The molecule has 6 nitrogen and oxygen atoms in total. The molecule has 2 aliphatic rings. The number of hydrogen-bond acceptors (Lipinski definition) is 5. The fourth-order valence-corrected chi connectivity index (χ4v) is 4.38. The standard InChI is InChI=1S/C22H24N4O2.ClH/c23-9-17-11-26(13-19(17)15-4-2-1-3-5-15)12-18-10-24-25-22(18)16-6-7-20-21(8-16)28-14-27-20;/h1-8,10,17,19H,9,11-14,23H2,(H,24,25);1H/t17-,19+;/m1./s1. The van der Waals surface area contributed by atoms with Gasteiger partial charge in [0.25, 0.3) is 0 Å². The van der Waals surface area contributed by atoms with Gasteiger partial charge in [0, 0.05) is 36.7 Å². The zero-order valence-corrected chi connectivity index (χ0v) is 16.9. The summed E-state index contributed by atoms with van der Waals surface area (Å²) < 4.78 is 10.9. The number of hydrogen-bond donors (Lipinski definition) is 2. The summed E-state index contributed by atoms with van der Waals surface area (Å²) in [5.41, 5.74) is 10.8. The molecule has 0 aliphatic carbocycles. The van der Waals surface area contributed by atoms with Crippen LogP contribution < -0.4 is 15.2 Å². The van der Waals surface area contributed by atoms with Gasteiger partial charge in [0.15, 0.2) is 11.5 Å². The number of halogens is 1. The molecule has 2 aliphatic heterocycles. The Labute approximate surface area is 176 Å². The van der Waals surface area contributed by atoms with E-state index in [9.17, 15) is 0 Å². The van der Waals surface area contributed by atoms with E-state index in [1.165, 1.54) is 11.1 Å². The van der Waals surface area contributed by atoms with Gasteiger partial charge in [-0.1, -0.05) is 30.3 Å². The maximum Gasteiger partial charge on any atom is 0.231 e. The van der Waals surface area contributed by atoms with Crippen molar-refractivity contribution in [3.05, 3.63) is 65.9 Å². The lowest BCUT2D eigenvalue weighted by Gasteiger charge is -2.17. The first-order valence-electron chi connectivity index (χ1n) is 9.71. The smallest absolute Gasteiger partial charge is 0.231 e. The highest BCUT2D eigenvalue weighted by Crippen LogP contribution is 2.37. The normalized spacial score (nSPS) is 20.6. The van der Waals surface area contributed by atoms with Crippen LogP contribution in [0.5, 0.6) is 11.5 Å². The minimum Gasteiger partial charge on any atom is -0.454 e. The Balaban J connectivity index is 0.00000205. The van der Waals surface area contributed by atoms with Gasteiger partial charge in [-0.3, -0.25) is 10.00 Å². The van der Waals surface area contributed by atoms with Crippen molar-refractivity contribution < 1.29 is 9.47 Å². The molecular weight excluding hydrogens is 388 g/mol. The maximum atomic E-state index is 6.10. The number of rotatable bonds is 5. The summed E-state index contributed by atoms with van der Waals surface area (Å²) >= 11 is 0. The fraction of sp³-hybridized carbons (Fsp3) is 0.318. The Morgan fingerprint density at radius 3 is 2.72 bits per heavy atom. The van der Waals surface area contributed by atoms with Crippen LogP contribution in [0.25, 0.3) is 11.3 Å². The first kappa shape index (κ1) is 19.8. The monoisotopic (exact) mass is 412 g/mol. The quantitative estimate of drug-likeness (QED) is 0.671. The van der Waals surface area contributed by atoms with E-state index in [1.54, 1.807) is 0 Å². The Kier molecular flexibility index (Phi) is 5.76. The molecule has 3 aromatic rings. The third-order valence-electron chi connectivity index (χ3n) is 5.82. The number of fused-ring (bicyclic) bond motifs is 1. The van der Waals surface area contributed by atoms with Gasteiger partial charge in [-0.25, -0.2) is 0 Å². The number of aromatic nitrogens is 2. The molecule has 2 atom stereocenters. The Morgan fingerprint density at radius 2 is 1.90 bits per heavy atom. The Morgan fingerprint density at radius 1 is 1.07 bits per heavy atom. The van der Waals surface area contributed by atoms with Crippen LogP contribution in [0.15, 0.2) is 54.7 Å². The SMILES string of the molecule is Cl.NC[C@@H]1CN(Cc2cn[nH]c2-c2ccc3c(c2)OCO3)C[C@H]1c1ccccc1. The minimum absolute atomic E-state index is 0. The van der Waals surface area contributed by atoms with Crippen LogP contribution in [0, 0.1) is 5.92 Å². The second-order valence-electron chi connectivity index (χ2n) is 7.55. The molecule has 3 heterocycles. The van der Waals surface area contributed by atoms with Crippen molar-refractivity contribution >= 4 is 12.4 Å². The molecule has 152 valence electrons. The third kappa shape index (κ3) is 3.83. The van der Waals surface area contributed by atoms with E-state index >= 15 is 0 Å². The van der Waals surface area contributed by atoms with Gasteiger partial charge in [-0.05, 0) is 36.2 Å². The topological polar surface area (TPSA) is 76.4 Å². The summed E-state index contributed by atoms with van der Waals surface area (Å²) in [4.78, 5) is 2.48. The molecule has 3 N–H and O–H groups in total. The number of H-pyrrole nitrogens is 1. The average Bonchev–Trinajstić information content (AvgIpc) is 3.47. The maximum absolute atomic E-state index is 6.10. The molecule has 1 saturated heterocycles. The number of benzene rings is 2. The summed E-state index contributed by atoms with van der Waals surface area (Å²) in [6.07, 6.45) is 1.92. The molecule has 0 saturated carbocycles. The summed E-state index contributed by atoms with van der Waals surface area (Å²) in [6.45, 7) is 3.85. The lowest BCUT2D eigenvalue weighted by atomic mass is 9.89. The number of ether oxygens (including phenoxy) is 2. The van der Waals surface area contributed by atoms with Gasteiger partial charge in [-0.15, -0.1) is 12.4 Å². The van der Waals surface area contributed by atoms with Crippen molar-refractivity contribution in [2.45, 2.75) is 12.5 Å². The van der Waals surface area contributed by atoms with Crippen LogP contribution in [0.3, 0.4) is 0 Å². The molecule has 0 bridgehead atoms. The van der Waals surface area contributed by atoms with E-state index in [0.717, 1.165) is 42.4 Å². The van der Waals surface area contributed by atoms with Crippen LogP contribution >= 0.6 is 12.4 Å². The number of nitrogens with two attached hydrogens (primary N) is 1. The van der Waals surface area contributed by atoms with E-state index in [1.807, 2.05) is 24.4 Å². The molecule has 0 radical (unpaired) electrons. The summed E-state index contributed by atoms with van der Waals surface area (Å²) in [5, 5.41) is 7.46.